The summed E-state index contributed by atoms with van der Waals surface area (Å²) in [6.07, 6.45) is 0.173. The van der Waals surface area contributed by atoms with E-state index in [-0.39, 0.29) is 23.9 Å². The smallest absolute Gasteiger partial charge is 0.352 e. The van der Waals surface area contributed by atoms with Crippen molar-refractivity contribution in [3.8, 4) is 0 Å². The lowest BCUT2D eigenvalue weighted by Crippen LogP contribution is -2.70. The molecule has 11 heteroatoms. The molecule has 2 amide bonds. The van der Waals surface area contributed by atoms with Gasteiger partial charge in [-0.25, -0.2) is 4.79 Å². The number of fused-ring (bicyclic) bond motifs is 1. The van der Waals surface area contributed by atoms with Gasteiger partial charge in [-0.1, -0.05) is 53.4 Å². The minimum atomic E-state index is -1.13. The van der Waals surface area contributed by atoms with Crippen LogP contribution in [-0.4, -0.2) is 60.9 Å². The number of aliphatic carboxylic acids is 1. The molecule has 156 valence electrons. The van der Waals surface area contributed by atoms with Crippen LogP contribution in [0.2, 0.25) is 0 Å². The maximum Gasteiger partial charge on any atom is 0.352 e. The van der Waals surface area contributed by atoms with E-state index in [1.807, 2.05) is 37.3 Å². The number of nitrogens with zero attached hydrogens (tertiary/aromatic N) is 3. The van der Waals surface area contributed by atoms with Crippen molar-refractivity contribution in [2.75, 3.05) is 11.5 Å². The molecule has 1 fully saturated rings. The SMILES string of the molecule is Cc1nnc(SCC2=C(C(=O)O)N3C(=O)[C@@H](NC(=O)Cc4ccccc4)[C@@H]3SC2)s1. The molecule has 0 saturated carbocycles. The van der Waals surface area contributed by atoms with Crippen LogP contribution < -0.4 is 5.32 Å². The number of hydrogen-bond acceptors (Lipinski definition) is 8. The van der Waals surface area contributed by atoms with Gasteiger partial charge in [-0.3, -0.25) is 14.5 Å². The second-order valence-electron chi connectivity index (χ2n) is 6.75. The fraction of sp³-hybridized carbons (Fsp3) is 0.316. The summed E-state index contributed by atoms with van der Waals surface area (Å²) < 4.78 is 0.762. The molecule has 2 N–H and O–H groups in total. The lowest BCUT2D eigenvalue weighted by molar-refractivity contribution is -0.150. The number of carboxylic acid groups (broad SMARTS) is 1. The zero-order chi connectivity index (χ0) is 21.3. The highest BCUT2D eigenvalue weighted by molar-refractivity contribution is 8.01. The highest BCUT2D eigenvalue weighted by Crippen LogP contribution is 2.41. The van der Waals surface area contributed by atoms with Crippen LogP contribution in [0.25, 0.3) is 0 Å². The fourth-order valence-corrected chi connectivity index (χ4v) is 6.59. The molecule has 1 aromatic heterocycles. The lowest BCUT2D eigenvalue weighted by atomic mass is 10.0. The Morgan fingerprint density at radius 1 is 1.30 bits per heavy atom. The van der Waals surface area contributed by atoms with E-state index < -0.39 is 17.4 Å². The lowest BCUT2D eigenvalue weighted by Gasteiger charge is -2.49. The van der Waals surface area contributed by atoms with Crippen molar-refractivity contribution >= 4 is 52.6 Å². The van der Waals surface area contributed by atoms with Crippen molar-refractivity contribution < 1.29 is 19.5 Å². The van der Waals surface area contributed by atoms with Crippen LogP contribution in [0, 0.1) is 6.92 Å². The van der Waals surface area contributed by atoms with Gasteiger partial charge in [0.05, 0.1) is 6.42 Å². The van der Waals surface area contributed by atoms with Crippen LogP contribution in [0.15, 0.2) is 45.9 Å². The van der Waals surface area contributed by atoms with Gasteiger partial charge in [0.25, 0.3) is 5.91 Å². The number of carbonyl (C=O) groups excluding carboxylic acids is 2. The first-order chi connectivity index (χ1) is 14.4. The van der Waals surface area contributed by atoms with Crippen LogP contribution in [0.3, 0.4) is 0 Å². The predicted molar refractivity (Wildman–Crippen MR) is 115 cm³/mol. The minimum absolute atomic E-state index is 0.0195. The molecule has 1 saturated heterocycles. The summed E-state index contributed by atoms with van der Waals surface area (Å²) in [5.41, 5.74) is 1.54. The van der Waals surface area contributed by atoms with Crippen LogP contribution in [0.5, 0.6) is 0 Å². The summed E-state index contributed by atoms with van der Waals surface area (Å²) in [6, 6.07) is 8.55. The Morgan fingerprint density at radius 2 is 2.07 bits per heavy atom. The first-order valence-electron chi connectivity index (χ1n) is 9.10. The maximum absolute atomic E-state index is 12.7. The molecule has 0 radical (unpaired) electrons. The first kappa shape index (κ1) is 20.9. The van der Waals surface area contributed by atoms with E-state index in [4.69, 9.17) is 0 Å². The topological polar surface area (TPSA) is 112 Å². The van der Waals surface area contributed by atoms with Gasteiger partial charge in [0.1, 0.15) is 22.1 Å². The quantitative estimate of drug-likeness (QED) is 0.474. The number of β-lactam (4-membered cyclic amide) rings is 1. The van der Waals surface area contributed by atoms with Gasteiger partial charge in [0, 0.05) is 11.5 Å². The van der Waals surface area contributed by atoms with E-state index in [0.717, 1.165) is 14.9 Å². The largest absolute Gasteiger partial charge is 0.477 e. The molecule has 1 aromatic carbocycles. The minimum Gasteiger partial charge on any atom is -0.477 e. The van der Waals surface area contributed by atoms with Crippen molar-refractivity contribution in [1.82, 2.24) is 20.4 Å². The van der Waals surface area contributed by atoms with Crippen molar-refractivity contribution in [3.63, 3.8) is 0 Å². The highest BCUT2D eigenvalue weighted by Gasteiger charge is 2.54. The van der Waals surface area contributed by atoms with Crippen molar-refractivity contribution in [3.05, 3.63) is 52.2 Å². The molecule has 8 nitrogen and oxygen atoms in total. The zero-order valence-electron chi connectivity index (χ0n) is 15.9. The number of aromatic nitrogens is 2. The molecule has 0 bridgehead atoms. The van der Waals surface area contributed by atoms with E-state index in [9.17, 15) is 19.5 Å². The van der Waals surface area contributed by atoms with E-state index in [0.29, 0.717) is 17.1 Å². The van der Waals surface area contributed by atoms with Crippen molar-refractivity contribution in [2.45, 2.75) is 29.1 Å². The highest BCUT2D eigenvalue weighted by atomic mass is 32.2. The van der Waals surface area contributed by atoms with E-state index in [2.05, 4.69) is 15.5 Å². The number of nitrogens with one attached hydrogen (secondary N) is 1. The molecule has 0 unspecified atom stereocenters. The number of rotatable bonds is 7. The Bertz CT molecular complexity index is 1020. The summed E-state index contributed by atoms with van der Waals surface area (Å²) in [7, 11) is 0. The fourth-order valence-electron chi connectivity index (χ4n) is 3.29. The molecule has 4 rings (SSSR count). The van der Waals surface area contributed by atoms with Crippen LogP contribution in [0.4, 0.5) is 0 Å². The van der Waals surface area contributed by atoms with Gasteiger partial charge >= 0.3 is 5.97 Å². The number of amides is 2. The standard InChI is InChI=1S/C19H18N4O4S3/c1-10-21-22-19(30-10)29-9-12-8-28-17-14(16(25)23(17)15(12)18(26)27)20-13(24)7-11-5-3-2-4-6-11/h2-6,14,17H,7-9H2,1H3,(H,20,24)(H,26,27)/t14-,17+/m1/s1. The summed E-state index contributed by atoms with van der Waals surface area (Å²) in [6.45, 7) is 1.86. The van der Waals surface area contributed by atoms with Crippen molar-refractivity contribution in [2.24, 2.45) is 0 Å². The van der Waals surface area contributed by atoms with E-state index in [1.165, 1.54) is 39.8 Å². The third-order valence-electron chi connectivity index (χ3n) is 4.65. The summed E-state index contributed by atoms with van der Waals surface area (Å²) in [4.78, 5) is 38.2. The second kappa shape index (κ2) is 8.78. The molecule has 0 aliphatic carbocycles. The Hall–Kier alpha value is -2.37. The average molecular weight is 463 g/mol. The summed E-state index contributed by atoms with van der Waals surface area (Å²) in [5.74, 6) is -0.878. The normalized spacial score (nSPS) is 20.6. The molecular weight excluding hydrogens is 444 g/mol. The summed E-state index contributed by atoms with van der Waals surface area (Å²) in [5, 5.41) is 20.9. The van der Waals surface area contributed by atoms with E-state index in [1.54, 1.807) is 0 Å². The van der Waals surface area contributed by atoms with Gasteiger partial charge in [-0.15, -0.1) is 22.0 Å². The number of aryl methyl sites for hydroxylation is 1. The first-order valence-corrected chi connectivity index (χ1v) is 12.0. The Labute approximate surface area is 185 Å². The number of carboxylic acids is 1. The van der Waals surface area contributed by atoms with Crippen LogP contribution in [-0.2, 0) is 20.8 Å². The molecule has 2 atom stereocenters. The molecular formula is C19H18N4O4S3. The monoisotopic (exact) mass is 462 g/mol. The average Bonchev–Trinajstić information content (AvgIpc) is 3.15. The van der Waals surface area contributed by atoms with Crippen LogP contribution >= 0.6 is 34.9 Å². The number of hydrogen-bond donors (Lipinski definition) is 2. The molecule has 30 heavy (non-hydrogen) atoms. The molecule has 2 aliphatic heterocycles. The van der Waals surface area contributed by atoms with Crippen molar-refractivity contribution in [1.29, 1.82) is 0 Å². The molecule has 3 heterocycles. The number of thioether (sulfide) groups is 2. The number of carbonyl (C=O) groups is 3. The Balaban J connectivity index is 1.43. The third-order valence-corrected chi connectivity index (χ3v) is 8.05. The Morgan fingerprint density at radius 3 is 2.73 bits per heavy atom. The van der Waals surface area contributed by atoms with Gasteiger partial charge in [0.15, 0.2) is 4.34 Å². The maximum atomic E-state index is 12.7. The van der Waals surface area contributed by atoms with Gasteiger partial charge in [0.2, 0.25) is 5.91 Å². The second-order valence-corrected chi connectivity index (χ2v) is 10.3. The Kier molecular flexibility index (Phi) is 6.11. The molecule has 0 spiro atoms. The predicted octanol–water partition coefficient (Wildman–Crippen LogP) is 1.92. The van der Waals surface area contributed by atoms with Crippen LogP contribution in [0.1, 0.15) is 10.6 Å². The molecule has 2 aliphatic rings. The zero-order valence-corrected chi connectivity index (χ0v) is 18.4. The third kappa shape index (κ3) is 4.23. The van der Waals surface area contributed by atoms with Gasteiger partial charge < -0.3 is 10.4 Å². The summed E-state index contributed by atoms with van der Waals surface area (Å²) >= 11 is 4.32. The van der Waals surface area contributed by atoms with Gasteiger partial charge in [-0.2, -0.15) is 0 Å². The van der Waals surface area contributed by atoms with E-state index >= 15 is 0 Å². The number of benzene rings is 1. The molecule has 2 aromatic rings. The van der Waals surface area contributed by atoms with Gasteiger partial charge in [-0.05, 0) is 18.1 Å².